The normalized spacial score (nSPS) is 16.1. The highest BCUT2D eigenvalue weighted by molar-refractivity contribution is 6.25. The van der Waals surface area contributed by atoms with Crippen LogP contribution in [-0.4, -0.2) is 24.2 Å². The van der Waals surface area contributed by atoms with E-state index < -0.39 is 40.8 Å². The predicted molar refractivity (Wildman–Crippen MR) is 92.5 cm³/mol. The summed E-state index contributed by atoms with van der Waals surface area (Å²) in [6, 6.07) is 11.9. The molecule has 1 heterocycles. The van der Waals surface area contributed by atoms with Crippen LogP contribution >= 0.6 is 0 Å². The van der Waals surface area contributed by atoms with Gasteiger partial charge >= 0.3 is 18.1 Å². The molecule has 0 aliphatic carbocycles. The first-order valence-electron chi connectivity index (χ1n) is 7.95. The van der Waals surface area contributed by atoms with E-state index >= 15 is 0 Å². The van der Waals surface area contributed by atoms with Gasteiger partial charge in [-0.15, -0.1) is 0 Å². The predicted octanol–water partition coefficient (Wildman–Crippen LogP) is 4.12. The van der Waals surface area contributed by atoms with Gasteiger partial charge in [-0.2, -0.15) is 13.2 Å². The average Bonchev–Trinajstić information content (AvgIpc) is 2.96. The van der Waals surface area contributed by atoms with Crippen molar-refractivity contribution in [1.29, 1.82) is 0 Å². The van der Waals surface area contributed by atoms with Crippen LogP contribution in [0.25, 0.3) is 11.1 Å². The number of alkyl halides is 3. The first-order chi connectivity index (χ1) is 13.2. The summed E-state index contributed by atoms with van der Waals surface area (Å²) in [7, 11) is 1.11. The Morgan fingerprint density at radius 3 is 2.36 bits per heavy atom. The van der Waals surface area contributed by atoms with Gasteiger partial charge in [-0.05, 0) is 23.3 Å². The number of ether oxygens (including phenoxy) is 2. The van der Waals surface area contributed by atoms with E-state index in [-0.39, 0.29) is 11.1 Å². The number of methoxy groups -OCH3 is 1. The van der Waals surface area contributed by atoms with E-state index in [0.29, 0.717) is 5.56 Å². The fraction of sp³-hybridized carbons (Fsp3) is 0.100. The Morgan fingerprint density at radius 1 is 1.07 bits per heavy atom. The molecule has 0 atom stereocenters. The maximum Gasteiger partial charge on any atom is 0.416 e. The number of aliphatic hydroxyl groups is 1. The molecule has 28 heavy (non-hydrogen) atoms. The van der Waals surface area contributed by atoms with Crippen molar-refractivity contribution >= 4 is 23.1 Å². The number of halogens is 3. The Bertz CT molecular complexity index is 1000. The molecule has 2 aromatic rings. The minimum atomic E-state index is -4.63. The van der Waals surface area contributed by atoms with Gasteiger partial charge in [0.1, 0.15) is 11.1 Å². The smallest absolute Gasteiger partial charge is 0.416 e. The molecule has 1 aliphatic rings. The van der Waals surface area contributed by atoms with Gasteiger partial charge in [-0.3, -0.25) is 0 Å². The van der Waals surface area contributed by atoms with Crippen molar-refractivity contribution in [2.75, 3.05) is 7.11 Å². The number of hydrogen-bond donors (Lipinski definition) is 1. The summed E-state index contributed by atoms with van der Waals surface area (Å²) in [6.45, 7) is 0. The van der Waals surface area contributed by atoms with Crippen LogP contribution in [-0.2, 0) is 25.2 Å². The molecule has 0 saturated heterocycles. The van der Waals surface area contributed by atoms with Crippen molar-refractivity contribution < 1.29 is 37.3 Å². The molecule has 5 nitrogen and oxygen atoms in total. The number of hydrogen-bond acceptors (Lipinski definition) is 5. The molecule has 0 bridgehead atoms. The summed E-state index contributed by atoms with van der Waals surface area (Å²) in [4.78, 5) is 24.5. The minimum Gasteiger partial charge on any atom is -0.504 e. The lowest BCUT2D eigenvalue weighted by Crippen LogP contribution is -2.09. The Balaban J connectivity index is 2.20. The Labute approximate surface area is 157 Å². The van der Waals surface area contributed by atoms with Crippen LogP contribution in [0.4, 0.5) is 13.2 Å². The number of carbonyl (C=O) groups is 2. The van der Waals surface area contributed by atoms with E-state index in [1.54, 1.807) is 18.2 Å². The number of benzene rings is 2. The van der Waals surface area contributed by atoms with E-state index in [0.717, 1.165) is 25.3 Å². The standard InChI is InChI=1S/C20H13F3O5/c1-27-18(25)15(11-6-3-2-4-7-11)17-16(24)14(19(26)28-17)12-8-5-9-13(10-12)20(21,22)23/h2-10,24H,1H3/b17-15-. The quantitative estimate of drug-likeness (QED) is 0.631. The molecule has 0 unspecified atom stereocenters. The van der Waals surface area contributed by atoms with Gasteiger partial charge in [-0.1, -0.05) is 42.5 Å². The van der Waals surface area contributed by atoms with Crippen molar-refractivity contribution in [2.45, 2.75) is 6.18 Å². The van der Waals surface area contributed by atoms with Crippen LogP contribution < -0.4 is 0 Å². The van der Waals surface area contributed by atoms with Crippen LogP contribution in [0.5, 0.6) is 0 Å². The highest BCUT2D eigenvalue weighted by Crippen LogP contribution is 2.38. The topological polar surface area (TPSA) is 72.8 Å². The van der Waals surface area contributed by atoms with Gasteiger partial charge < -0.3 is 14.6 Å². The molecule has 1 aliphatic heterocycles. The zero-order valence-corrected chi connectivity index (χ0v) is 14.4. The fourth-order valence-electron chi connectivity index (χ4n) is 2.73. The van der Waals surface area contributed by atoms with Crippen molar-refractivity contribution in [1.82, 2.24) is 0 Å². The fourth-order valence-corrected chi connectivity index (χ4v) is 2.73. The molecule has 8 heteroatoms. The highest BCUT2D eigenvalue weighted by atomic mass is 19.4. The molecule has 0 amide bonds. The summed E-state index contributed by atoms with van der Waals surface area (Å²) in [5, 5.41) is 10.5. The van der Waals surface area contributed by atoms with Gasteiger partial charge in [-0.25, -0.2) is 9.59 Å². The van der Waals surface area contributed by atoms with E-state index in [2.05, 4.69) is 0 Å². The van der Waals surface area contributed by atoms with Gasteiger partial charge in [0.05, 0.1) is 12.7 Å². The van der Waals surface area contributed by atoms with Gasteiger partial charge in [0.25, 0.3) is 0 Å². The summed E-state index contributed by atoms with van der Waals surface area (Å²) in [6.07, 6.45) is -4.63. The average molecular weight is 390 g/mol. The highest BCUT2D eigenvalue weighted by Gasteiger charge is 2.37. The number of aliphatic hydroxyl groups excluding tert-OH is 1. The van der Waals surface area contributed by atoms with Crippen molar-refractivity contribution in [3.8, 4) is 0 Å². The minimum absolute atomic E-state index is 0.190. The third kappa shape index (κ3) is 3.48. The largest absolute Gasteiger partial charge is 0.504 e. The third-order valence-corrected chi connectivity index (χ3v) is 4.01. The molecule has 0 aromatic heterocycles. The van der Waals surface area contributed by atoms with Crippen molar-refractivity contribution in [2.24, 2.45) is 0 Å². The molecular formula is C20H13F3O5. The Hall–Kier alpha value is -3.55. The van der Waals surface area contributed by atoms with Crippen molar-refractivity contribution in [3.63, 3.8) is 0 Å². The first kappa shape index (κ1) is 19.2. The molecule has 144 valence electrons. The summed E-state index contributed by atoms with van der Waals surface area (Å²) in [5.41, 5.74) is -1.58. The van der Waals surface area contributed by atoms with E-state index in [4.69, 9.17) is 9.47 Å². The SMILES string of the molecule is COC(=O)/C(=C1\OC(=O)C(c2cccc(C(F)(F)F)c2)=C1O)c1ccccc1. The van der Waals surface area contributed by atoms with E-state index in [1.807, 2.05) is 0 Å². The molecule has 0 spiro atoms. The van der Waals surface area contributed by atoms with Gasteiger partial charge in [0.15, 0.2) is 11.5 Å². The van der Waals surface area contributed by atoms with Crippen LogP contribution in [0.2, 0.25) is 0 Å². The zero-order chi connectivity index (χ0) is 20.5. The second-order valence-corrected chi connectivity index (χ2v) is 5.75. The number of rotatable bonds is 3. The van der Waals surface area contributed by atoms with E-state index in [9.17, 15) is 27.9 Å². The zero-order valence-electron chi connectivity index (χ0n) is 14.4. The van der Waals surface area contributed by atoms with Crippen molar-refractivity contribution in [3.05, 3.63) is 82.8 Å². The van der Waals surface area contributed by atoms with Gasteiger partial charge in [0, 0.05) is 0 Å². The van der Waals surface area contributed by atoms with Crippen LogP contribution in [0.3, 0.4) is 0 Å². The lowest BCUT2D eigenvalue weighted by atomic mass is 10.00. The molecule has 0 radical (unpaired) electrons. The van der Waals surface area contributed by atoms with Crippen LogP contribution in [0.1, 0.15) is 16.7 Å². The molecule has 1 N–H and O–H groups in total. The Morgan fingerprint density at radius 2 is 1.75 bits per heavy atom. The lowest BCUT2D eigenvalue weighted by Gasteiger charge is -2.09. The van der Waals surface area contributed by atoms with Crippen LogP contribution in [0.15, 0.2) is 66.1 Å². The number of carbonyl (C=O) groups excluding carboxylic acids is 2. The van der Waals surface area contributed by atoms with Gasteiger partial charge in [0.2, 0.25) is 0 Å². The molecule has 0 saturated carbocycles. The van der Waals surface area contributed by atoms with E-state index in [1.165, 1.54) is 18.2 Å². The lowest BCUT2D eigenvalue weighted by molar-refractivity contribution is -0.138. The monoisotopic (exact) mass is 390 g/mol. The molecule has 3 rings (SSSR count). The third-order valence-electron chi connectivity index (χ3n) is 4.01. The summed E-state index contributed by atoms with van der Waals surface area (Å²) >= 11 is 0. The molecule has 0 fully saturated rings. The van der Waals surface area contributed by atoms with Crippen LogP contribution in [0, 0.1) is 0 Å². The molecule has 2 aromatic carbocycles. The number of esters is 2. The second-order valence-electron chi connectivity index (χ2n) is 5.75. The second kappa shape index (κ2) is 7.22. The summed E-state index contributed by atoms with van der Waals surface area (Å²) in [5.74, 6) is -3.18. The maximum atomic E-state index is 13.0. The number of cyclic esters (lactones) is 1. The molecular weight excluding hydrogens is 377 g/mol. The Kier molecular flexibility index (Phi) is 4.96. The first-order valence-corrected chi connectivity index (χ1v) is 7.95. The summed E-state index contributed by atoms with van der Waals surface area (Å²) < 4.78 is 48.6. The maximum absolute atomic E-state index is 13.0.